The molecule has 2 aromatic heterocycles. The largest absolute Gasteiger partial charge is 0.386 e. The number of hydrogen-bond donors (Lipinski definition) is 2. The molecule has 1 atom stereocenters. The Bertz CT molecular complexity index is 889. The van der Waals surface area contributed by atoms with Crippen LogP contribution in [0.25, 0.3) is 0 Å². The summed E-state index contributed by atoms with van der Waals surface area (Å²) in [6, 6.07) is 7.05. The maximum Gasteiger partial charge on any atom is 0.317 e. The molecule has 0 aliphatic carbocycles. The molecule has 2 aliphatic heterocycles. The standard InChI is InChI=1S/C19H20N6O3/c26-17(23-15-4-2-7-21-12-15)16-9-19(28-24-16)5-8-25(13-19)18(27)22-11-14-3-1-6-20-10-14/h1-4,6-7,10,12H,5,8-9,11,13H2,(H,22,27)(H,23,26)/t19-/m1/s1. The Hall–Kier alpha value is -3.49. The Morgan fingerprint density at radius 3 is 2.75 bits per heavy atom. The number of hydrogen-bond acceptors (Lipinski definition) is 6. The quantitative estimate of drug-likeness (QED) is 0.836. The number of nitrogens with one attached hydrogen (secondary N) is 2. The summed E-state index contributed by atoms with van der Waals surface area (Å²) in [5.74, 6) is -0.315. The minimum Gasteiger partial charge on any atom is -0.386 e. The summed E-state index contributed by atoms with van der Waals surface area (Å²) in [7, 11) is 0. The second kappa shape index (κ2) is 7.63. The smallest absolute Gasteiger partial charge is 0.317 e. The first-order chi connectivity index (χ1) is 13.6. The molecule has 28 heavy (non-hydrogen) atoms. The number of likely N-dealkylation sites (tertiary alicyclic amines) is 1. The normalized spacial score (nSPS) is 20.6. The van der Waals surface area contributed by atoms with E-state index >= 15 is 0 Å². The number of carbonyl (C=O) groups is 2. The van der Waals surface area contributed by atoms with Crippen molar-refractivity contribution in [2.24, 2.45) is 5.16 Å². The monoisotopic (exact) mass is 380 g/mol. The fourth-order valence-corrected chi connectivity index (χ4v) is 3.31. The van der Waals surface area contributed by atoms with E-state index in [1.165, 1.54) is 0 Å². The predicted octanol–water partition coefficient (Wildman–Crippen LogP) is 1.55. The van der Waals surface area contributed by atoms with Crippen LogP contribution in [0.15, 0.2) is 54.2 Å². The van der Waals surface area contributed by atoms with Crippen molar-refractivity contribution in [3.63, 3.8) is 0 Å². The molecule has 2 aliphatic rings. The number of rotatable bonds is 4. The number of aromatic nitrogens is 2. The van der Waals surface area contributed by atoms with Gasteiger partial charge in [-0.25, -0.2) is 4.79 Å². The van der Waals surface area contributed by atoms with Gasteiger partial charge < -0.3 is 20.4 Å². The van der Waals surface area contributed by atoms with Crippen LogP contribution in [0, 0.1) is 0 Å². The first-order valence-electron chi connectivity index (χ1n) is 9.02. The maximum atomic E-state index is 12.4. The lowest BCUT2D eigenvalue weighted by molar-refractivity contribution is -0.110. The number of pyridine rings is 2. The lowest BCUT2D eigenvalue weighted by Crippen LogP contribution is -2.41. The van der Waals surface area contributed by atoms with E-state index < -0.39 is 5.60 Å². The maximum absolute atomic E-state index is 12.4. The summed E-state index contributed by atoms with van der Waals surface area (Å²) in [5.41, 5.74) is 1.22. The summed E-state index contributed by atoms with van der Waals surface area (Å²) in [4.78, 5) is 40.1. The highest BCUT2D eigenvalue weighted by Gasteiger charge is 2.47. The second-order valence-electron chi connectivity index (χ2n) is 6.88. The lowest BCUT2D eigenvalue weighted by atomic mass is 9.96. The van der Waals surface area contributed by atoms with Gasteiger partial charge in [-0.15, -0.1) is 0 Å². The fraction of sp³-hybridized carbons (Fsp3) is 0.316. The zero-order chi connectivity index (χ0) is 19.4. The Morgan fingerprint density at radius 2 is 2.00 bits per heavy atom. The van der Waals surface area contributed by atoms with Crippen molar-refractivity contribution in [3.8, 4) is 0 Å². The lowest BCUT2D eigenvalue weighted by Gasteiger charge is -2.22. The Kier molecular flexibility index (Phi) is 4.88. The highest BCUT2D eigenvalue weighted by Crippen LogP contribution is 2.34. The summed E-state index contributed by atoms with van der Waals surface area (Å²) in [6.07, 6.45) is 7.59. The van der Waals surface area contributed by atoms with Crippen molar-refractivity contribution < 1.29 is 14.4 Å². The molecule has 1 saturated heterocycles. The van der Waals surface area contributed by atoms with Crippen LogP contribution in [0.5, 0.6) is 0 Å². The number of urea groups is 1. The SMILES string of the molecule is O=C(Nc1cccnc1)C1=NO[C@]2(CCN(C(=O)NCc3cccnc3)C2)C1. The third-order valence-corrected chi connectivity index (χ3v) is 4.79. The molecule has 0 radical (unpaired) electrons. The Balaban J connectivity index is 1.29. The minimum absolute atomic E-state index is 0.169. The Labute approximate surface area is 161 Å². The molecule has 4 rings (SSSR count). The van der Waals surface area contributed by atoms with Crippen molar-refractivity contribution in [2.75, 3.05) is 18.4 Å². The molecule has 9 nitrogen and oxygen atoms in total. The van der Waals surface area contributed by atoms with Crippen molar-refractivity contribution in [1.82, 2.24) is 20.2 Å². The average molecular weight is 380 g/mol. The molecule has 144 valence electrons. The van der Waals surface area contributed by atoms with Gasteiger partial charge in [0.1, 0.15) is 5.71 Å². The van der Waals surface area contributed by atoms with E-state index in [0.29, 0.717) is 43.9 Å². The number of nitrogens with zero attached hydrogens (tertiary/aromatic N) is 4. The predicted molar refractivity (Wildman–Crippen MR) is 101 cm³/mol. The summed E-state index contributed by atoms with van der Waals surface area (Å²) in [5, 5.41) is 9.61. The summed E-state index contributed by atoms with van der Waals surface area (Å²) < 4.78 is 0. The summed E-state index contributed by atoms with van der Waals surface area (Å²) in [6.45, 7) is 1.34. The minimum atomic E-state index is -0.632. The van der Waals surface area contributed by atoms with Gasteiger partial charge in [0.15, 0.2) is 5.60 Å². The molecule has 9 heteroatoms. The molecular weight excluding hydrogens is 360 g/mol. The van der Waals surface area contributed by atoms with Crippen LogP contribution in [-0.2, 0) is 16.2 Å². The van der Waals surface area contributed by atoms with Crippen molar-refractivity contribution in [3.05, 3.63) is 54.6 Å². The van der Waals surface area contributed by atoms with E-state index in [4.69, 9.17) is 4.84 Å². The Morgan fingerprint density at radius 1 is 1.18 bits per heavy atom. The number of oxime groups is 1. The molecule has 4 heterocycles. The molecule has 0 aromatic carbocycles. The van der Waals surface area contributed by atoms with E-state index in [1.54, 1.807) is 41.8 Å². The van der Waals surface area contributed by atoms with E-state index in [-0.39, 0.29) is 11.9 Å². The molecular formula is C19H20N6O3. The number of amides is 3. The zero-order valence-corrected chi connectivity index (χ0v) is 15.2. The molecule has 0 bridgehead atoms. The number of carbonyl (C=O) groups excluding carboxylic acids is 2. The molecule has 3 amide bonds. The third-order valence-electron chi connectivity index (χ3n) is 4.79. The molecule has 2 N–H and O–H groups in total. The van der Waals surface area contributed by atoms with Crippen LogP contribution in [0.4, 0.5) is 10.5 Å². The van der Waals surface area contributed by atoms with Gasteiger partial charge in [0.2, 0.25) is 0 Å². The molecule has 1 fully saturated rings. The summed E-state index contributed by atoms with van der Waals surface area (Å²) >= 11 is 0. The van der Waals surface area contributed by atoms with E-state index in [2.05, 4.69) is 25.8 Å². The van der Waals surface area contributed by atoms with Gasteiger partial charge in [0.25, 0.3) is 5.91 Å². The molecule has 0 unspecified atom stereocenters. The van der Waals surface area contributed by atoms with Gasteiger partial charge in [0.05, 0.1) is 18.4 Å². The van der Waals surface area contributed by atoms with E-state index in [9.17, 15) is 9.59 Å². The van der Waals surface area contributed by atoms with E-state index in [0.717, 1.165) is 5.56 Å². The number of anilines is 1. The van der Waals surface area contributed by atoms with E-state index in [1.807, 2.05) is 12.1 Å². The van der Waals surface area contributed by atoms with Crippen LogP contribution >= 0.6 is 0 Å². The fourth-order valence-electron chi connectivity index (χ4n) is 3.31. The van der Waals surface area contributed by atoms with Gasteiger partial charge in [-0.05, 0) is 23.8 Å². The van der Waals surface area contributed by atoms with Gasteiger partial charge in [0, 0.05) is 44.5 Å². The second-order valence-corrected chi connectivity index (χ2v) is 6.88. The topological polar surface area (TPSA) is 109 Å². The first kappa shape index (κ1) is 17.9. The molecule has 1 spiro atoms. The first-order valence-corrected chi connectivity index (χ1v) is 9.02. The van der Waals surface area contributed by atoms with Crippen molar-refractivity contribution >= 4 is 23.3 Å². The van der Waals surface area contributed by atoms with Crippen LogP contribution in [-0.4, -0.2) is 51.2 Å². The molecule has 0 saturated carbocycles. The third kappa shape index (κ3) is 3.93. The molecule has 2 aromatic rings. The van der Waals surface area contributed by atoms with Crippen molar-refractivity contribution in [1.29, 1.82) is 0 Å². The highest BCUT2D eigenvalue weighted by molar-refractivity contribution is 6.43. The van der Waals surface area contributed by atoms with Crippen LogP contribution in [0.3, 0.4) is 0 Å². The van der Waals surface area contributed by atoms with Crippen LogP contribution < -0.4 is 10.6 Å². The highest BCUT2D eigenvalue weighted by atomic mass is 16.7. The van der Waals surface area contributed by atoms with Crippen LogP contribution in [0.2, 0.25) is 0 Å². The van der Waals surface area contributed by atoms with Gasteiger partial charge in [-0.1, -0.05) is 11.2 Å². The van der Waals surface area contributed by atoms with Gasteiger partial charge >= 0.3 is 6.03 Å². The zero-order valence-electron chi connectivity index (χ0n) is 15.2. The van der Waals surface area contributed by atoms with Gasteiger partial charge in [-0.3, -0.25) is 14.8 Å². The van der Waals surface area contributed by atoms with Gasteiger partial charge in [-0.2, -0.15) is 0 Å². The average Bonchev–Trinajstić information content (AvgIpc) is 3.35. The van der Waals surface area contributed by atoms with Crippen molar-refractivity contribution in [2.45, 2.75) is 25.0 Å². The van der Waals surface area contributed by atoms with Crippen LogP contribution in [0.1, 0.15) is 18.4 Å².